The predicted molar refractivity (Wildman–Crippen MR) is 83.2 cm³/mol. The van der Waals surface area contributed by atoms with E-state index in [1.807, 2.05) is 24.3 Å². The van der Waals surface area contributed by atoms with Gasteiger partial charge in [0.1, 0.15) is 12.4 Å². The van der Waals surface area contributed by atoms with Crippen LogP contribution in [0.3, 0.4) is 0 Å². The summed E-state index contributed by atoms with van der Waals surface area (Å²) in [4.78, 5) is 0. The maximum atomic E-state index is 5.82. The molecule has 0 aliphatic rings. The molecule has 1 heterocycles. The van der Waals surface area contributed by atoms with Crippen LogP contribution in [0.1, 0.15) is 37.8 Å². The first-order chi connectivity index (χ1) is 10.2. The summed E-state index contributed by atoms with van der Waals surface area (Å²) >= 11 is 0. The van der Waals surface area contributed by atoms with Crippen molar-refractivity contribution < 1.29 is 9.26 Å². The quantitative estimate of drug-likeness (QED) is 0.807. The van der Waals surface area contributed by atoms with Crippen LogP contribution in [0.15, 0.2) is 34.9 Å². The van der Waals surface area contributed by atoms with Gasteiger partial charge >= 0.3 is 0 Å². The molecule has 0 spiro atoms. The summed E-state index contributed by atoms with van der Waals surface area (Å²) in [6.07, 6.45) is 0.955. The molecule has 0 fully saturated rings. The molecule has 1 aromatic carbocycles. The van der Waals surface area contributed by atoms with E-state index in [-0.39, 0.29) is 0 Å². The Kier molecular flexibility index (Phi) is 5.81. The Hall–Kier alpha value is -1.81. The van der Waals surface area contributed by atoms with Crippen LogP contribution >= 0.6 is 0 Å². The molecule has 0 unspecified atom stereocenters. The van der Waals surface area contributed by atoms with Gasteiger partial charge in [0.25, 0.3) is 0 Å². The molecule has 0 amide bonds. The fraction of sp³-hybridized carbons (Fsp3) is 0.471. The van der Waals surface area contributed by atoms with E-state index < -0.39 is 0 Å². The van der Waals surface area contributed by atoms with Crippen LogP contribution in [0.25, 0.3) is 0 Å². The Morgan fingerprint density at radius 3 is 2.86 bits per heavy atom. The zero-order valence-corrected chi connectivity index (χ0v) is 13.1. The van der Waals surface area contributed by atoms with Gasteiger partial charge in [0.2, 0.25) is 0 Å². The largest absolute Gasteiger partial charge is 0.485 e. The van der Waals surface area contributed by atoms with Crippen molar-refractivity contribution >= 4 is 0 Å². The van der Waals surface area contributed by atoms with E-state index in [2.05, 4.69) is 37.3 Å². The molecule has 21 heavy (non-hydrogen) atoms. The fourth-order valence-corrected chi connectivity index (χ4v) is 2.08. The van der Waals surface area contributed by atoms with Crippen molar-refractivity contribution in [3.63, 3.8) is 0 Å². The highest BCUT2D eigenvalue weighted by Crippen LogP contribution is 2.19. The lowest BCUT2D eigenvalue weighted by Gasteiger charge is -2.08. The second-order valence-corrected chi connectivity index (χ2v) is 5.56. The summed E-state index contributed by atoms with van der Waals surface area (Å²) < 4.78 is 11.1. The summed E-state index contributed by atoms with van der Waals surface area (Å²) in [5.74, 6) is 2.29. The Labute approximate surface area is 126 Å². The molecule has 0 aliphatic carbocycles. The Morgan fingerprint density at radius 1 is 1.29 bits per heavy atom. The standard InChI is InChI=1S/C17H24N2O2/c1-4-14-7-5-6-8-17(14)20-12-16-9-15(19-21-16)11-18-10-13(2)3/h5-9,13,18H,4,10-12H2,1-3H3. The number of benzene rings is 1. The lowest BCUT2D eigenvalue weighted by molar-refractivity contribution is 0.246. The van der Waals surface area contributed by atoms with E-state index in [0.717, 1.165) is 36.7 Å². The molecule has 0 bridgehead atoms. The van der Waals surface area contributed by atoms with Gasteiger partial charge in [0.15, 0.2) is 5.76 Å². The highest BCUT2D eigenvalue weighted by atomic mass is 16.5. The van der Waals surface area contributed by atoms with Gasteiger partial charge in [-0.2, -0.15) is 0 Å². The van der Waals surface area contributed by atoms with Crippen LogP contribution in [0.4, 0.5) is 0 Å². The molecule has 0 atom stereocenters. The molecule has 0 radical (unpaired) electrons. The first-order valence-corrected chi connectivity index (χ1v) is 7.55. The molecular formula is C17H24N2O2. The predicted octanol–water partition coefficient (Wildman–Crippen LogP) is 3.56. The van der Waals surface area contributed by atoms with Crippen molar-refractivity contribution in [2.24, 2.45) is 5.92 Å². The van der Waals surface area contributed by atoms with Crippen LogP contribution in [-0.4, -0.2) is 11.7 Å². The van der Waals surface area contributed by atoms with Gasteiger partial charge in [0.05, 0.1) is 5.69 Å². The molecule has 4 nitrogen and oxygen atoms in total. The van der Waals surface area contributed by atoms with Crippen LogP contribution < -0.4 is 10.1 Å². The van der Waals surface area contributed by atoms with Gasteiger partial charge in [-0.15, -0.1) is 0 Å². The summed E-state index contributed by atoms with van der Waals surface area (Å²) in [5, 5.41) is 7.39. The SMILES string of the molecule is CCc1ccccc1OCc1cc(CNCC(C)C)no1. The van der Waals surface area contributed by atoms with E-state index in [1.165, 1.54) is 5.56 Å². The zero-order valence-electron chi connectivity index (χ0n) is 13.1. The number of aromatic nitrogens is 1. The van der Waals surface area contributed by atoms with Crippen molar-refractivity contribution in [3.05, 3.63) is 47.3 Å². The topological polar surface area (TPSA) is 47.3 Å². The van der Waals surface area contributed by atoms with E-state index in [0.29, 0.717) is 12.5 Å². The molecule has 1 N–H and O–H groups in total. The monoisotopic (exact) mass is 288 g/mol. The number of ether oxygens (including phenoxy) is 1. The average Bonchev–Trinajstić information content (AvgIpc) is 2.93. The number of aryl methyl sites for hydroxylation is 1. The minimum Gasteiger partial charge on any atom is -0.485 e. The van der Waals surface area contributed by atoms with Gasteiger partial charge in [-0.1, -0.05) is 44.1 Å². The van der Waals surface area contributed by atoms with E-state index in [4.69, 9.17) is 9.26 Å². The third-order valence-corrected chi connectivity index (χ3v) is 3.19. The summed E-state index contributed by atoms with van der Waals surface area (Å²) in [6.45, 7) is 8.60. The van der Waals surface area contributed by atoms with Gasteiger partial charge in [0, 0.05) is 12.6 Å². The molecule has 2 aromatic rings. The zero-order chi connectivity index (χ0) is 15.1. The molecule has 0 saturated heterocycles. The minimum absolute atomic E-state index is 0.411. The summed E-state index contributed by atoms with van der Waals surface area (Å²) in [5.41, 5.74) is 2.12. The maximum Gasteiger partial charge on any atom is 0.174 e. The van der Waals surface area contributed by atoms with Crippen molar-refractivity contribution in [1.82, 2.24) is 10.5 Å². The van der Waals surface area contributed by atoms with Crippen LogP contribution in [0.5, 0.6) is 5.75 Å². The smallest absolute Gasteiger partial charge is 0.174 e. The second kappa shape index (κ2) is 7.84. The molecule has 0 saturated carbocycles. The molecule has 0 aliphatic heterocycles. The van der Waals surface area contributed by atoms with Crippen molar-refractivity contribution in [2.45, 2.75) is 40.3 Å². The minimum atomic E-state index is 0.411. The Morgan fingerprint density at radius 2 is 2.10 bits per heavy atom. The first kappa shape index (κ1) is 15.6. The number of hydrogen-bond acceptors (Lipinski definition) is 4. The summed E-state index contributed by atoms with van der Waals surface area (Å²) in [6, 6.07) is 10.0. The third-order valence-electron chi connectivity index (χ3n) is 3.19. The van der Waals surface area contributed by atoms with Gasteiger partial charge in [-0.3, -0.25) is 0 Å². The molecule has 1 aromatic heterocycles. The molecule has 114 valence electrons. The number of nitrogens with one attached hydrogen (secondary N) is 1. The van der Waals surface area contributed by atoms with Crippen LogP contribution in [0, 0.1) is 5.92 Å². The first-order valence-electron chi connectivity index (χ1n) is 7.55. The van der Waals surface area contributed by atoms with Crippen molar-refractivity contribution in [3.8, 4) is 5.75 Å². The number of nitrogens with zero attached hydrogens (tertiary/aromatic N) is 1. The highest BCUT2D eigenvalue weighted by molar-refractivity contribution is 5.33. The van der Waals surface area contributed by atoms with Crippen LogP contribution in [-0.2, 0) is 19.6 Å². The van der Waals surface area contributed by atoms with E-state index in [1.54, 1.807) is 0 Å². The Balaban J connectivity index is 1.85. The van der Waals surface area contributed by atoms with Crippen LogP contribution in [0.2, 0.25) is 0 Å². The molecule has 4 heteroatoms. The molecular weight excluding hydrogens is 264 g/mol. The lowest BCUT2D eigenvalue weighted by Crippen LogP contribution is -2.19. The lowest BCUT2D eigenvalue weighted by atomic mass is 10.1. The van der Waals surface area contributed by atoms with Crippen molar-refractivity contribution in [2.75, 3.05) is 6.54 Å². The van der Waals surface area contributed by atoms with Gasteiger partial charge < -0.3 is 14.6 Å². The van der Waals surface area contributed by atoms with E-state index >= 15 is 0 Å². The Bertz CT molecular complexity index is 549. The molecule has 2 rings (SSSR count). The maximum absolute atomic E-state index is 5.82. The third kappa shape index (κ3) is 4.90. The second-order valence-electron chi connectivity index (χ2n) is 5.56. The number of rotatable bonds is 8. The average molecular weight is 288 g/mol. The van der Waals surface area contributed by atoms with Gasteiger partial charge in [-0.25, -0.2) is 0 Å². The highest BCUT2D eigenvalue weighted by Gasteiger charge is 2.07. The van der Waals surface area contributed by atoms with Gasteiger partial charge in [-0.05, 0) is 30.5 Å². The van der Waals surface area contributed by atoms with E-state index in [9.17, 15) is 0 Å². The van der Waals surface area contributed by atoms with Crippen molar-refractivity contribution in [1.29, 1.82) is 0 Å². The summed E-state index contributed by atoms with van der Waals surface area (Å²) in [7, 11) is 0. The normalized spacial score (nSPS) is 11.0. The number of para-hydroxylation sites is 1. The number of hydrogen-bond donors (Lipinski definition) is 1. The fourth-order valence-electron chi connectivity index (χ4n) is 2.08.